The molecule has 1 aliphatic rings. The van der Waals surface area contributed by atoms with Crippen LogP contribution in [0.15, 0.2) is 66.9 Å². The summed E-state index contributed by atoms with van der Waals surface area (Å²) in [5.74, 6) is 0. The number of aryl methyl sites for hydroxylation is 1. The number of hydrogen-bond donors (Lipinski definition) is 0. The first-order valence-corrected chi connectivity index (χ1v) is 8.47. The highest BCUT2D eigenvalue weighted by molar-refractivity contribution is 5.79. The lowest BCUT2D eigenvalue weighted by atomic mass is 9.78. The maximum absolute atomic E-state index is 9.54. The third-order valence-corrected chi connectivity index (χ3v) is 4.93. The van der Waals surface area contributed by atoms with E-state index in [1.165, 1.54) is 11.1 Å². The second-order valence-electron chi connectivity index (χ2n) is 6.96. The normalized spacial score (nSPS) is 17.2. The van der Waals surface area contributed by atoms with Crippen LogP contribution in [-0.4, -0.2) is 4.98 Å². The van der Waals surface area contributed by atoms with Crippen LogP contribution >= 0.6 is 0 Å². The molecule has 1 aromatic carbocycles. The average Bonchev–Trinajstić information content (AvgIpc) is 2.88. The van der Waals surface area contributed by atoms with E-state index < -0.39 is 0 Å². The number of nitriles is 1. The zero-order chi connectivity index (χ0) is 18.0. The minimum atomic E-state index is -0.213. The Morgan fingerprint density at radius 2 is 2.08 bits per heavy atom. The third kappa shape index (κ3) is 2.94. The maximum atomic E-state index is 9.54. The van der Waals surface area contributed by atoms with Crippen LogP contribution in [0.25, 0.3) is 5.57 Å². The summed E-state index contributed by atoms with van der Waals surface area (Å²) in [6.45, 7) is 10.2. The number of hydrogen-bond acceptors (Lipinski definition) is 2. The smallest absolute Gasteiger partial charge is 0.0994 e. The average molecular weight is 326 g/mol. The Labute approximate surface area is 149 Å². The van der Waals surface area contributed by atoms with E-state index in [4.69, 9.17) is 0 Å². The number of nitrogens with zero attached hydrogens (tertiary/aromatic N) is 2. The zero-order valence-corrected chi connectivity index (χ0v) is 15.0. The molecule has 0 unspecified atom stereocenters. The molecule has 0 saturated heterocycles. The molecule has 1 heterocycles. The molecule has 1 aliphatic carbocycles. The summed E-state index contributed by atoms with van der Waals surface area (Å²) in [4.78, 5) is 4.64. The van der Waals surface area contributed by atoms with E-state index in [1.54, 1.807) is 6.08 Å². The number of pyridine rings is 1. The highest BCUT2D eigenvalue weighted by Crippen LogP contribution is 2.47. The van der Waals surface area contributed by atoms with Gasteiger partial charge in [0.15, 0.2) is 0 Å². The van der Waals surface area contributed by atoms with Crippen molar-refractivity contribution in [3.8, 4) is 6.07 Å². The van der Waals surface area contributed by atoms with Gasteiger partial charge in [0.1, 0.15) is 0 Å². The van der Waals surface area contributed by atoms with Crippen LogP contribution in [0.1, 0.15) is 41.8 Å². The van der Waals surface area contributed by atoms with Crippen molar-refractivity contribution < 1.29 is 0 Å². The number of fused-ring (bicyclic) bond motifs is 1. The van der Waals surface area contributed by atoms with Gasteiger partial charge in [0, 0.05) is 17.2 Å². The first-order chi connectivity index (χ1) is 12.0. The molecule has 0 amide bonds. The lowest BCUT2D eigenvalue weighted by Gasteiger charge is -2.25. The summed E-state index contributed by atoms with van der Waals surface area (Å²) in [5.41, 5.74) is 7.43. The molecule has 1 aromatic heterocycles. The minimum absolute atomic E-state index is 0.213. The van der Waals surface area contributed by atoms with Crippen LogP contribution in [0.2, 0.25) is 0 Å². The first kappa shape index (κ1) is 16.9. The molecule has 0 radical (unpaired) electrons. The van der Waals surface area contributed by atoms with Crippen molar-refractivity contribution in [1.82, 2.24) is 4.98 Å². The van der Waals surface area contributed by atoms with E-state index in [0.29, 0.717) is 0 Å². The van der Waals surface area contributed by atoms with Crippen molar-refractivity contribution in [1.29, 1.82) is 5.26 Å². The van der Waals surface area contributed by atoms with Crippen LogP contribution in [0.5, 0.6) is 0 Å². The summed E-state index contributed by atoms with van der Waals surface area (Å²) in [5, 5.41) is 9.54. The molecular weight excluding hydrogens is 304 g/mol. The zero-order valence-electron chi connectivity index (χ0n) is 15.0. The van der Waals surface area contributed by atoms with Gasteiger partial charge < -0.3 is 0 Å². The molecule has 0 N–H and O–H groups in total. The monoisotopic (exact) mass is 326 g/mol. The van der Waals surface area contributed by atoms with Gasteiger partial charge in [0.25, 0.3) is 0 Å². The number of rotatable bonds is 3. The molecular formula is C23H22N2. The van der Waals surface area contributed by atoms with Gasteiger partial charge in [-0.3, -0.25) is 4.98 Å². The predicted octanol–water partition coefficient (Wildman–Crippen LogP) is 5.29. The van der Waals surface area contributed by atoms with Gasteiger partial charge in [0.05, 0.1) is 17.3 Å². The van der Waals surface area contributed by atoms with Crippen LogP contribution < -0.4 is 0 Å². The van der Waals surface area contributed by atoms with Crippen LogP contribution in [0, 0.1) is 18.3 Å². The topological polar surface area (TPSA) is 36.7 Å². The van der Waals surface area contributed by atoms with Crippen molar-refractivity contribution in [2.45, 2.75) is 32.6 Å². The second kappa shape index (κ2) is 6.53. The fraction of sp³-hybridized carbons (Fsp3) is 0.217. The second-order valence-corrected chi connectivity index (χ2v) is 6.96. The number of allylic oxidation sites excluding steroid dienone is 5. The van der Waals surface area contributed by atoms with Gasteiger partial charge >= 0.3 is 0 Å². The summed E-state index contributed by atoms with van der Waals surface area (Å²) < 4.78 is 0. The predicted molar refractivity (Wildman–Crippen MR) is 103 cm³/mol. The van der Waals surface area contributed by atoms with Gasteiger partial charge in [-0.15, -0.1) is 0 Å². The summed E-state index contributed by atoms with van der Waals surface area (Å²) in [7, 11) is 0. The van der Waals surface area contributed by atoms with E-state index in [-0.39, 0.29) is 5.41 Å². The van der Waals surface area contributed by atoms with Gasteiger partial charge in [-0.1, -0.05) is 56.9 Å². The molecule has 124 valence electrons. The Kier molecular flexibility index (Phi) is 4.42. The van der Waals surface area contributed by atoms with E-state index >= 15 is 0 Å². The Bertz CT molecular complexity index is 920. The standard InChI is InChI=1S/C23H22N2/c1-5-6-10-19(21-12-11-16(2)15-25-21)20-13-17-8-7-9-18(14-24)22(17)23(20,3)4/h5-12,15H,1,13H2,2-4H3/b10-6-,20-19-. The van der Waals surface area contributed by atoms with Crippen molar-refractivity contribution in [2.75, 3.05) is 0 Å². The molecule has 0 fully saturated rings. The van der Waals surface area contributed by atoms with E-state index in [9.17, 15) is 5.26 Å². The largest absolute Gasteiger partial charge is 0.256 e. The lowest BCUT2D eigenvalue weighted by Crippen LogP contribution is -2.18. The lowest BCUT2D eigenvalue weighted by molar-refractivity contribution is 0.645. The van der Waals surface area contributed by atoms with Crippen LogP contribution in [0.3, 0.4) is 0 Å². The summed E-state index contributed by atoms with van der Waals surface area (Å²) in [6, 6.07) is 12.5. The highest BCUT2D eigenvalue weighted by atomic mass is 14.7. The quantitative estimate of drug-likeness (QED) is 0.718. The molecule has 0 aliphatic heterocycles. The van der Waals surface area contributed by atoms with E-state index in [0.717, 1.165) is 34.4 Å². The minimum Gasteiger partial charge on any atom is -0.256 e. The van der Waals surface area contributed by atoms with Crippen molar-refractivity contribution >= 4 is 5.57 Å². The first-order valence-electron chi connectivity index (χ1n) is 8.47. The maximum Gasteiger partial charge on any atom is 0.0994 e. The van der Waals surface area contributed by atoms with E-state index in [1.807, 2.05) is 31.3 Å². The molecule has 25 heavy (non-hydrogen) atoms. The van der Waals surface area contributed by atoms with Crippen molar-refractivity contribution in [3.05, 3.63) is 94.9 Å². The molecule has 3 rings (SSSR count). The molecule has 2 aromatic rings. The van der Waals surface area contributed by atoms with Crippen LogP contribution in [0.4, 0.5) is 0 Å². The Morgan fingerprint density at radius 3 is 2.72 bits per heavy atom. The summed E-state index contributed by atoms with van der Waals surface area (Å²) in [6.07, 6.45) is 8.55. The Morgan fingerprint density at radius 1 is 1.28 bits per heavy atom. The Hall–Kier alpha value is -2.92. The van der Waals surface area contributed by atoms with Crippen LogP contribution in [-0.2, 0) is 11.8 Å². The van der Waals surface area contributed by atoms with Gasteiger partial charge in [-0.2, -0.15) is 5.26 Å². The fourth-order valence-electron chi connectivity index (χ4n) is 3.70. The molecule has 0 atom stereocenters. The molecule has 2 heteroatoms. The molecule has 2 nitrogen and oxygen atoms in total. The van der Waals surface area contributed by atoms with E-state index in [2.05, 4.69) is 55.8 Å². The van der Waals surface area contributed by atoms with Crippen molar-refractivity contribution in [2.24, 2.45) is 0 Å². The SMILES string of the molecule is C=C/C=C\C(=C1/Cc2cccc(C#N)c2C1(C)C)c1ccc(C)cn1. The number of aromatic nitrogens is 1. The highest BCUT2D eigenvalue weighted by Gasteiger charge is 2.38. The van der Waals surface area contributed by atoms with Crippen molar-refractivity contribution in [3.63, 3.8) is 0 Å². The van der Waals surface area contributed by atoms with Gasteiger partial charge in [0.2, 0.25) is 0 Å². The third-order valence-electron chi connectivity index (χ3n) is 4.93. The Balaban J connectivity index is 2.25. The number of benzene rings is 1. The fourth-order valence-corrected chi connectivity index (χ4v) is 3.70. The summed E-state index contributed by atoms with van der Waals surface area (Å²) >= 11 is 0. The molecule has 0 spiro atoms. The molecule has 0 bridgehead atoms. The van der Waals surface area contributed by atoms with Gasteiger partial charge in [-0.05, 0) is 47.7 Å². The van der Waals surface area contributed by atoms with Gasteiger partial charge in [-0.25, -0.2) is 0 Å². The molecule has 0 saturated carbocycles.